The van der Waals surface area contributed by atoms with Gasteiger partial charge in [0.15, 0.2) is 0 Å². The first-order chi connectivity index (χ1) is 7.85. The van der Waals surface area contributed by atoms with Crippen LogP contribution in [-0.4, -0.2) is 94.8 Å². The second-order valence-corrected chi connectivity index (χ2v) is 5.85. The van der Waals surface area contributed by atoms with Crippen LogP contribution in [-0.2, 0) is 59.8 Å². The monoisotopic (exact) mass is 484 g/mol. The maximum absolute atomic E-state index is 9.49. The second kappa shape index (κ2) is 25.6. The molecule has 0 fully saturated rings. The van der Waals surface area contributed by atoms with Gasteiger partial charge in [0.2, 0.25) is 20.8 Å². The maximum atomic E-state index is 9.49. The van der Waals surface area contributed by atoms with Crippen LogP contribution in [0.4, 0.5) is 0 Å². The van der Waals surface area contributed by atoms with E-state index in [4.69, 9.17) is 17.5 Å². The van der Waals surface area contributed by atoms with Crippen molar-refractivity contribution in [2.75, 3.05) is 0 Å². The first-order valence-corrected chi connectivity index (χ1v) is 8.00. The molecule has 2 atom stereocenters. The molecule has 114 valence electrons. The standard InChI is InChI=1S/K.4Na.H2O10S2.H2O4S2.H/c;;;;;1-11(2,3)9-7-8-10-12(4,5)6;1-5(2)6(3)4;/h;;;;;(H,1,2,3)(H,4,5,6);(H,1,2)(H,3,4);/q;4*+1;;;/p-4. The Balaban J connectivity index is -0.0000000414. The normalized spacial score (nSPS) is 12.0. The summed E-state index contributed by atoms with van der Waals surface area (Å²) in [5.74, 6) is 0. The first kappa shape index (κ1) is 46.6. The summed E-state index contributed by atoms with van der Waals surface area (Å²) in [6, 6.07) is 0. The van der Waals surface area contributed by atoms with Crippen LogP contribution in [0.25, 0.3) is 0 Å². The van der Waals surface area contributed by atoms with E-state index >= 15 is 0 Å². The minimum atomic E-state index is -5.22. The van der Waals surface area contributed by atoms with Crippen LogP contribution < -0.4 is 118 Å². The van der Waals surface area contributed by atoms with Gasteiger partial charge in [-0.15, -0.1) is 0 Å². The van der Waals surface area contributed by atoms with Gasteiger partial charge in [-0.25, -0.2) is 16.8 Å². The molecule has 0 heterocycles. The van der Waals surface area contributed by atoms with Crippen LogP contribution in [0.3, 0.4) is 0 Å². The quantitative estimate of drug-likeness (QED) is 0.0498. The summed E-state index contributed by atoms with van der Waals surface area (Å²) < 4.78 is 98.9. The summed E-state index contributed by atoms with van der Waals surface area (Å²) in [4.78, 5) is 0. The molecule has 0 aromatic carbocycles. The van der Waals surface area contributed by atoms with E-state index in [1.165, 1.54) is 0 Å². The fourth-order valence-corrected chi connectivity index (χ4v) is 0.272. The smallest absolute Gasteiger partial charge is 1.00 e. The zero-order valence-electron chi connectivity index (χ0n) is 11.3. The zero-order chi connectivity index (χ0) is 15.0. The van der Waals surface area contributed by atoms with Crippen molar-refractivity contribution < 1.29 is 180 Å². The third-order valence-corrected chi connectivity index (χ3v) is 1.69. The minimum absolute atomic E-state index is 0. The Morgan fingerprint density at radius 1 is 0.652 bits per heavy atom. The SMILES string of the molecule is O=S(=O)([O-])OOOOS(=O)(=O)[O-].O=S([O-])S(=O)[O-].[KH].[Na+].[Na+].[Na+].[Na+]. The molecule has 0 amide bonds. The van der Waals surface area contributed by atoms with Crippen LogP contribution in [0.1, 0.15) is 0 Å². The maximum Gasteiger partial charge on any atom is 1.00 e. The van der Waals surface area contributed by atoms with E-state index in [0.29, 0.717) is 0 Å². The van der Waals surface area contributed by atoms with Crippen molar-refractivity contribution in [1.82, 2.24) is 0 Å². The third kappa shape index (κ3) is 52.3. The van der Waals surface area contributed by atoms with E-state index in [0.717, 1.165) is 0 Å². The summed E-state index contributed by atoms with van der Waals surface area (Å²) in [6.45, 7) is 0. The number of hydrogen-bond acceptors (Lipinski definition) is 14. The predicted octanol–water partition coefficient (Wildman–Crippen LogP) is -16.3. The predicted molar refractivity (Wildman–Crippen MR) is 48.7 cm³/mol. The molecule has 0 aromatic rings. The Morgan fingerprint density at radius 2 is 0.826 bits per heavy atom. The van der Waals surface area contributed by atoms with Gasteiger partial charge in [0.25, 0.3) is 0 Å². The number of rotatable bonds is 6. The molecule has 0 saturated carbocycles. The zero-order valence-corrected chi connectivity index (χ0v) is 22.6. The second-order valence-electron chi connectivity index (χ2n) is 1.50. The van der Waals surface area contributed by atoms with E-state index in [1.807, 2.05) is 0 Å². The molecule has 23 heavy (non-hydrogen) atoms. The Bertz CT molecular complexity index is 437. The fourth-order valence-electron chi connectivity index (χ4n) is 0.0907. The molecule has 0 bridgehead atoms. The van der Waals surface area contributed by atoms with E-state index in [9.17, 15) is 25.9 Å². The van der Waals surface area contributed by atoms with Crippen LogP contribution in [0, 0.1) is 0 Å². The Kier molecular flexibility index (Phi) is 51.8. The molecule has 0 saturated heterocycles. The molecule has 0 aliphatic carbocycles. The molecule has 0 spiro atoms. The van der Waals surface area contributed by atoms with Crippen LogP contribution in [0.15, 0.2) is 0 Å². The molecule has 0 rings (SSSR count). The van der Waals surface area contributed by atoms with Gasteiger partial charge in [-0.3, -0.25) is 8.42 Å². The molecule has 0 N–H and O–H groups in total. The van der Waals surface area contributed by atoms with Crippen molar-refractivity contribution in [2.45, 2.75) is 0 Å². The van der Waals surface area contributed by atoms with Crippen molar-refractivity contribution in [2.24, 2.45) is 0 Å². The largest absolute Gasteiger partial charge is 1.00 e. The van der Waals surface area contributed by atoms with Crippen molar-refractivity contribution in [1.29, 1.82) is 0 Å². The third-order valence-electron chi connectivity index (χ3n) is 0.361. The van der Waals surface area contributed by atoms with Gasteiger partial charge in [0.05, 0.1) is 0 Å². The van der Waals surface area contributed by atoms with Crippen molar-refractivity contribution >= 4 is 92.4 Å². The fraction of sp³-hybridized carbons (Fsp3) is 0. The van der Waals surface area contributed by atoms with Gasteiger partial charge in [0, 0.05) is 20.2 Å². The summed E-state index contributed by atoms with van der Waals surface area (Å²) in [7, 11) is -16.3. The average Bonchev–Trinajstić information content (AvgIpc) is 2.10. The van der Waals surface area contributed by atoms with Crippen molar-refractivity contribution in [3.05, 3.63) is 0 Å². The average molecular weight is 484 g/mol. The van der Waals surface area contributed by atoms with E-state index < -0.39 is 41.0 Å². The van der Waals surface area contributed by atoms with Crippen molar-refractivity contribution in [3.63, 3.8) is 0 Å². The summed E-state index contributed by atoms with van der Waals surface area (Å²) in [5, 5.41) is 5.74. The van der Waals surface area contributed by atoms with Gasteiger partial charge in [0.1, 0.15) is 0 Å². The Labute approximate surface area is 266 Å². The Morgan fingerprint density at radius 3 is 0.913 bits per heavy atom. The summed E-state index contributed by atoms with van der Waals surface area (Å²) in [5.41, 5.74) is 0. The van der Waals surface area contributed by atoms with E-state index in [-0.39, 0.29) is 170 Å². The molecule has 0 aliphatic rings. The van der Waals surface area contributed by atoms with Gasteiger partial charge in [-0.05, 0) is 10.1 Å². The summed E-state index contributed by atoms with van der Waals surface area (Å²) in [6.07, 6.45) is 0. The van der Waals surface area contributed by atoms with Gasteiger partial charge in [-0.1, -0.05) is 8.67 Å². The van der Waals surface area contributed by atoms with E-state index in [1.54, 1.807) is 0 Å². The molecule has 0 aromatic heterocycles. The summed E-state index contributed by atoms with van der Waals surface area (Å²) >= 11 is 0. The molecule has 23 heteroatoms. The molecular weight excluding hydrogens is 483 g/mol. The first-order valence-electron chi connectivity index (χ1n) is 2.67. The number of hydrogen-bond donors (Lipinski definition) is 0. The molecule has 0 radical (unpaired) electrons. The van der Waals surface area contributed by atoms with Crippen LogP contribution in [0.5, 0.6) is 0 Å². The molecule has 2 unspecified atom stereocenters. The van der Waals surface area contributed by atoms with Gasteiger partial charge in [-0.2, -0.15) is 0 Å². The molecule has 14 nitrogen and oxygen atoms in total. The molecule has 0 aliphatic heterocycles. The topological polar surface area (TPSA) is 232 Å². The van der Waals surface area contributed by atoms with E-state index in [2.05, 4.69) is 18.7 Å². The van der Waals surface area contributed by atoms with Gasteiger partial charge < -0.3 is 18.2 Å². The van der Waals surface area contributed by atoms with Crippen LogP contribution >= 0.6 is 0 Å². The van der Waals surface area contributed by atoms with Crippen LogP contribution in [0.2, 0.25) is 0 Å². The Hall–Kier alpha value is 5.52. The molecular formula is HKNa4O14S4. The van der Waals surface area contributed by atoms with Gasteiger partial charge >= 0.3 is 170 Å². The van der Waals surface area contributed by atoms with Crippen molar-refractivity contribution in [3.8, 4) is 0 Å². The minimum Gasteiger partial charge on any atom is 1.00 e.